The molecular weight excluding hydrogens is 298 g/mol. The predicted octanol–water partition coefficient (Wildman–Crippen LogP) is 3.26. The average Bonchev–Trinajstić information content (AvgIpc) is 2.11. The smallest absolute Gasteiger partial charge is 0.358 e. The fraction of sp³-hybridized carbons (Fsp3) is 0.429. The maximum atomic E-state index is 12.2. The SMILES string of the molecule is CC(Nc1ncnc(Cl)c1Br)C(F)(F)F. The van der Waals surface area contributed by atoms with Gasteiger partial charge in [-0.1, -0.05) is 11.6 Å². The van der Waals surface area contributed by atoms with Gasteiger partial charge in [0, 0.05) is 0 Å². The third-order valence-corrected chi connectivity index (χ3v) is 2.86. The molecule has 0 saturated carbocycles. The maximum Gasteiger partial charge on any atom is 0.408 e. The van der Waals surface area contributed by atoms with Gasteiger partial charge < -0.3 is 5.32 Å². The molecule has 0 aliphatic rings. The van der Waals surface area contributed by atoms with Crippen LogP contribution < -0.4 is 5.32 Å². The van der Waals surface area contributed by atoms with E-state index >= 15 is 0 Å². The van der Waals surface area contributed by atoms with E-state index in [2.05, 4.69) is 31.2 Å². The van der Waals surface area contributed by atoms with Gasteiger partial charge in [0.1, 0.15) is 23.3 Å². The quantitative estimate of drug-likeness (QED) is 0.852. The third-order valence-electron chi connectivity index (χ3n) is 1.59. The van der Waals surface area contributed by atoms with Crippen LogP contribution in [0, 0.1) is 0 Å². The number of nitrogens with one attached hydrogen (secondary N) is 1. The minimum Gasteiger partial charge on any atom is -0.358 e. The zero-order valence-corrected chi connectivity index (χ0v) is 9.78. The topological polar surface area (TPSA) is 37.8 Å². The van der Waals surface area contributed by atoms with E-state index in [0.717, 1.165) is 13.3 Å². The highest BCUT2D eigenvalue weighted by Gasteiger charge is 2.36. The van der Waals surface area contributed by atoms with E-state index in [0.29, 0.717) is 0 Å². The van der Waals surface area contributed by atoms with Crippen LogP contribution in [0.4, 0.5) is 19.0 Å². The molecule has 0 bridgehead atoms. The molecule has 1 atom stereocenters. The van der Waals surface area contributed by atoms with Crippen molar-refractivity contribution in [2.45, 2.75) is 19.1 Å². The Morgan fingerprint density at radius 3 is 2.60 bits per heavy atom. The van der Waals surface area contributed by atoms with E-state index in [4.69, 9.17) is 11.6 Å². The van der Waals surface area contributed by atoms with Gasteiger partial charge in [-0.25, -0.2) is 9.97 Å². The summed E-state index contributed by atoms with van der Waals surface area (Å²) in [5, 5.41) is 2.24. The van der Waals surface area contributed by atoms with Crippen molar-refractivity contribution in [1.82, 2.24) is 9.97 Å². The highest BCUT2D eigenvalue weighted by molar-refractivity contribution is 9.10. The van der Waals surface area contributed by atoms with Gasteiger partial charge in [-0.05, 0) is 22.9 Å². The molecule has 1 aromatic heterocycles. The molecule has 0 fully saturated rings. The van der Waals surface area contributed by atoms with Crippen molar-refractivity contribution in [3.63, 3.8) is 0 Å². The number of alkyl halides is 3. The molecule has 0 aromatic carbocycles. The van der Waals surface area contributed by atoms with E-state index < -0.39 is 12.2 Å². The lowest BCUT2D eigenvalue weighted by molar-refractivity contribution is -0.138. The molecule has 0 spiro atoms. The Morgan fingerprint density at radius 1 is 1.47 bits per heavy atom. The number of aromatic nitrogens is 2. The summed E-state index contributed by atoms with van der Waals surface area (Å²) in [4.78, 5) is 7.23. The molecule has 1 unspecified atom stereocenters. The standard InChI is InChI=1S/C7H6BrClF3N3/c1-3(7(10,11)12)15-6-4(8)5(9)13-2-14-6/h2-3H,1H3,(H,13,14,15). The summed E-state index contributed by atoms with van der Waals surface area (Å²) in [7, 11) is 0. The summed E-state index contributed by atoms with van der Waals surface area (Å²) in [5.41, 5.74) is 0. The first-order chi connectivity index (χ1) is 6.82. The van der Waals surface area contributed by atoms with Crippen molar-refractivity contribution < 1.29 is 13.2 Å². The van der Waals surface area contributed by atoms with Crippen molar-refractivity contribution in [3.8, 4) is 0 Å². The first-order valence-electron chi connectivity index (χ1n) is 3.81. The van der Waals surface area contributed by atoms with E-state index in [1.807, 2.05) is 0 Å². The molecule has 1 rings (SSSR count). The van der Waals surface area contributed by atoms with Crippen LogP contribution in [0.15, 0.2) is 10.8 Å². The molecule has 1 heterocycles. The van der Waals surface area contributed by atoms with Crippen LogP contribution in [0.1, 0.15) is 6.92 Å². The zero-order chi connectivity index (χ0) is 11.6. The molecular formula is C7H6BrClF3N3. The summed E-state index contributed by atoms with van der Waals surface area (Å²) >= 11 is 8.58. The highest BCUT2D eigenvalue weighted by atomic mass is 79.9. The van der Waals surface area contributed by atoms with Crippen molar-refractivity contribution >= 4 is 33.3 Å². The fourth-order valence-corrected chi connectivity index (χ4v) is 1.19. The van der Waals surface area contributed by atoms with Gasteiger partial charge in [-0.15, -0.1) is 0 Å². The fourth-order valence-electron chi connectivity index (χ4n) is 0.736. The predicted molar refractivity (Wildman–Crippen MR) is 53.9 cm³/mol. The van der Waals surface area contributed by atoms with Crippen LogP contribution in [0.3, 0.4) is 0 Å². The average molecular weight is 304 g/mol. The molecule has 8 heteroatoms. The van der Waals surface area contributed by atoms with Crippen LogP contribution in [0.25, 0.3) is 0 Å². The molecule has 1 aromatic rings. The van der Waals surface area contributed by atoms with Gasteiger partial charge in [-0.3, -0.25) is 0 Å². The second-order valence-corrected chi connectivity index (χ2v) is 3.89. The minimum absolute atomic E-state index is 0.0137. The van der Waals surface area contributed by atoms with Crippen LogP contribution in [-0.4, -0.2) is 22.2 Å². The van der Waals surface area contributed by atoms with Crippen LogP contribution >= 0.6 is 27.5 Å². The number of rotatable bonds is 2. The van der Waals surface area contributed by atoms with Crippen LogP contribution in [0.5, 0.6) is 0 Å². The van der Waals surface area contributed by atoms with E-state index in [9.17, 15) is 13.2 Å². The van der Waals surface area contributed by atoms with Crippen molar-refractivity contribution in [1.29, 1.82) is 0 Å². The molecule has 15 heavy (non-hydrogen) atoms. The molecule has 1 N–H and O–H groups in total. The normalized spacial score (nSPS) is 13.7. The first kappa shape index (κ1) is 12.5. The van der Waals surface area contributed by atoms with Crippen molar-refractivity contribution in [2.24, 2.45) is 0 Å². The van der Waals surface area contributed by atoms with E-state index in [-0.39, 0.29) is 15.4 Å². The highest BCUT2D eigenvalue weighted by Crippen LogP contribution is 2.29. The summed E-state index contributed by atoms with van der Waals surface area (Å²) in [6.45, 7) is 0.989. The van der Waals surface area contributed by atoms with Gasteiger partial charge in [0.25, 0.3) is 0 Å². The van der Waals surface area contributed by atoms with Crippen molar-refractivity contribution in [2.75, 3.05) is 5.32 Å². The number of nitrogens with zero attached hydrogens (tertiary/aromatic N) is 2. The van der Waals surface area contributed by atoms with Gasteiger partial charge in [0.2, 0.25) is 0 Å². The summed E-state index contributed by atoms with van der Waals surface area (Å²) < 4.78 is 36.8. The van der Waals surface area contributed by atoms with Gasteiger partial charge in [0.05, 0.1) is 4.47 Å². The van der Waals surface area contributed by atoms with Gasteiger partial charge >= 0.3 is 6.18 Å². The largest absolute Gasteiger partial charge is 0.408 e. The Labute approximate surface area is 97.2 Å². The first-order valence-corrected chi connectivity index (χ1v) is 4.98. The summed E-state index contributed by atoms with van der Waals surface area (Å²) in [6, 6.07) is -1.71. The monoisotopic (exact) mass is 303 g/mol. The molecule has 0 aliphatic heterocycles. The Hall–Kier alpha value is -0.560. The lowest BCUT2D eigenvalue weighted by Gasteiger charge is -2.18. The Balaban J connectivity index is 2.86. The molecule has 0 amide bonds. The molecule has 0 aliphatic carbocycles. The number of hydrogen-bond donors (Lipinski definition) is 1. The Morgan fingerprint density at radius 2 is 2.07 bits per heavy atom. The molecule has 84 valence electrons. The second kappa shape index (κ2) is 4.52. The summed E-state index contributed by atoms with van der Waals surface area (Å²) in [6.07, 6.45) is -3.25. The lowest BCUT2D eigenvalue weighted by atomic mass is 10.3. The second-order valence-electron chi connectivity index (χ2n) is 2.73. The molecule has 3 nitrogen and oxygen atoms in total. The lowest BCUT2D eigenvalue weighted by Crippen LogP contribution is -2.33. The minimum atomic E-state index is -4.34. The maximum absolute atomic E-state index is 12.2. The number of halogens is 5. The zero-order valence-electron chi connectivity index (χ0n) is 7.44. The van der Waals surface area contributed by atoms with Crippen LogP contribution in [0.2, 0.25) is 5.15 Å². The number of anilines is 1. The summed E-state index contributed by atoms with van der Waals surface area (Å²) in [5.74, 6) is 0.0137. The van der Waals surface area contributed by atoms with Crippen LogP contribution in [-0.2, 0) is 0 Å². The Kier molecular flexibility index (Phi) is 3.77. The Bertz CT molecular complexity index is 358. The van der Waals surface area contributed by atoms with E-state index in [1.165, 1.54) is 0 Å². The van der Waals surface area contributed by atoms with Gasteiger partial charge in [-0.2, -0.15) is 13.2 Å². The van der Waals surface area contributed by atoms with E-state index in [1.54, 1.807) is 0 Å². The molecule has 0 radical (unpaired) electrons. The number of hydrogen-bond acceptors (Lipinski definition) is 3. The third kappa shape index (κ3) is 3.20. The molecule has 0 saturated heterocycles. The van der Waals surface area contributed by atoms with Gasteiger partial charge in [0.15, 0.2) is 0 Å². The van der Waals surface area contributed by atoms with Crippen molar-refractivity contribution in [3.05, 3.63) is 16.0 Å².